The summed E-state index contributed by atoms with van der Waals surface area (Å²) in [4.78, 5) is 29.1. The normalized spacial score (nSPS) is 14.7. The van der Waals surface area contributed by atoms with E-state index in [1.54, 1.807) is 49.5 Å². The molecule has 0 saturated heterocycles. The summed E-state index contributed by atoms with van der Waals surface area (Å²) in [5, 5.41) is 3.21. The largest absolute Gasteiger partial charge is 0.493 e. The molecule has 7 nitrogen and oxygen atoms in total. The number of benzene rings is 2. The van der Waals surface area contributed by atoms with Crippen LogP contribution in [0.5, 0.6) is 11.5 Å². The van der Waals surface area contributed by atoms with Crippen LogP contribution in [0.3, 0.4) is 0 Å². The molecule has 0 aliphatic heterocycles. The molecule has 184 valence electrons. The van der Waals surface area contributed by atoms with Gasteiger partial charge in [0.15, 0.2) is 17.3 Å². The molecular formula is C28H32N2O5. The van der Waals surface area contributed by atoms with E-state index in [9.17, 15) is 9.59 Å². The standard InChI is InChI=1S/C28H32N2O5/c1-33-23-16-15-21(18-25(23)34-2)26(27(31)29-22-12-7-4-8-13-22)30(19-20-10-5-3-6-11-20)28(32)24-14-9-17-35-24/h3,5-6,9-11,14-18,22,26H,4,7-8,12-13,19H2,1-2H3,(H,29,31). The summed E-state index contributed by atoms with van der Waals surface area (Å²) in [6, 6.07) is 17.4. The van der Waals surface area contributed by atoms with Gasteiger partial charge in [-0.1, -0.05) is 55.7 Å². The Balaban J connectivity index is 1.76. The number of ether oxygens (including phenoxy) is 2. The van der Waals surface area contributed by atoms with Crippen LogP contribution in [0.2, 0.25) is 0 Å². The van der Waals surface area contributed by atoms with Gasteiger partial charge in [-0.25, -0.2) is 0 Å². The molecule has 1 aliphatic carbocycles. The lowest BCUT2D eigenvalue weighted by atomic mass is 9.94. The van der Waals surface area contributed by atoms with Gasteiger partial charge in [-0.15, -0.1) is 0 Å². The molecule has 1 heterocycles. The zero-order valence-electron chi connectivity index (χ0n) is 20.2. The van der Waals surface area contributed by atoms with Gasteiger partial charge in [0.25, 0.3) is 5.91 Å². The first-order valence-corrected chi connectivity index (χ1v) is 12.0. The number of carbonyl (C=O) groups is 2. The number of furan rings is 1. The van der Waals surface area contributed by atoms with E-state index in [0.717, 1.165) is 31.2 Å². The first-order chi connectivity index (χ1) is 17.1. The molecule has 3 aromatic rings. The van der Waals surface area contributed by atoms with Crippen molar-refractivity contribution in [2.45, 2.75) is 50.7 Å². The Hall–Kier alpha value is -3.74. The minimum Gasteiger partial charge on any atom is -0.493 e. The second kappa shape index (κ2) is 11.6. The summed E-state index contributed by atoms with van der Waals surface area (Å²) >= 11 is 0. The molecule has 2 amide bonds. The lowest BCUT2D eigenvalue weighted by Gasteiger charge is -2.33. The van der Waals surface area contributed by atoms with E-state index in [1.165, 1.54) is 12.7 Å². The molecule has 2 aromatic carbocycles. The molecule has 1 N–H and O–H groups in total. The lowest BCUT2D eigenvalue weighted by Crippen LogP contribution is -2.46. The molecule has 1 atom stereocenters. The number of rotatable bonds is 9. The number of amides is 2. The Labute approximate surface area is 206 Å². The number of hydrogen-bond donors (Lipinski definition) is 1. The molecule has 7 heteroatoms. The van der Waals surface area contributed by atoms with Gasteiger partial charge in [0.2, 0.25) is 5.91 Å². The predicted molar refractivity (Wildman–Crippen MR) is 132 cm³/mol. The van der Waals surface area contributed by atoms with Gasteiger partial charge in [-0.2, -0.15) is 0 Å². The van der Waals surface area contributed by atoms with Crippen molar-refractivity contribution in [1.29, 1.82) is 0 Å². The summed E-state index contributed by atoms with van der Waals surface area (Å²) in [5.41, 5.74) is 1.54. The zero-order valence-corrected chi connectivity index (χ0v) is 20.2. The Bertz CT molecular complexity index is 1110. The van der Waals surface area contributed by atoms with Gasteiger partial charge in [0, 0.05) is 12.6 Å². The maximum absolute atomic E-state index is 13.9. The van der Waals surface area contributed by atoms with Crippen molar-refractivity contribution < 1.29 is 23.5 Å². The molecule has 0 radical (unpaired) electrons. The highest BCUT2D eigenvalue weighted by Gasteiger charge is 2.35. The van der Waals surface area contributed by atoms with Crippen molar-refractivity contribution >= 4 is 11.8 Å². The van der Waals surface area contributed by atoms with Crippen molar-refractivity contribution in [3.63, 3.8) is 0 Å². The van der Waals surface area contributed by atoms with E-state index in [4.69, 9.17) is 13.9 Å². The monoisotopic (exact) mass is 476 g/mol. The topological polar surface area (TPSA) is 81.0 Å². The van der Waals surface area contributed by atoms with E-state index in [-0.39, 0.29) is 30.2 Å². The molecule has 1 unspecified atom stereocenters. The highest BCUT2D eigenvalue weighted by atomic mass is 16.5. The summed E-state index contributed by atoms with van der Waals surface area (Å²) in [6.07, 6.45) is 6.70. The maximum atomic E-state index is 13.9. The third-order valence-corrected chi connectivity index (χ3v) is 6.42. The van der Waals surface area contributed by atoms with Crippen molar-refractivity contribution in [3.05, 3.63) is 83.8 Å². The molecule has 1 aromatic heterocycles. The Kier molecular flexibility index (Phi) is 8.08. The maximum Gasteiger partial charge on any atom is 0.290 e. The van der Waals surface area contributed by atoms with E-state index < -0.39 is 6.04 Å². The highest BCUT2D eigenvalue weighted by Crippen LogP contribution is 2.34. The van der Waals surface area contributed by atoms with Gasteiger partial charge in [0.1, 0.15) is 6.04 Å². The average Bonchev–Trinajstić information content (AvgIpc) is 3.44. The first-order valence-electron chi connectivity index (χ1n) is 12.0. The number of nitrogens with one attached hydrogen (secondary N) is 1. The van der Waals surface area contributed by atoms with Crippen LogP contribution < -0.4 is 14.8 Å². The van der Waals surface area contributed by atoms with Crippen LogP contribution in [0.4, 0.5) is 0 Å². The fraction of sp³-hybridized carbons (Fsp3) is 0.357. The Morgan fingerprint density at radius 1 is 0.971 bits per heavy atom. The fourth-order valence-corrected chi connectivity index (χ4v) is 4.63. The van der Waals surface area contributed by atoms with Crippen LogP contribution in [-0.4, -0.2) is 37.0 Å². The smallest absolute Gasteiger partial charge is 0.290 e. The Morgan fingerprint density at radius 2 is 1.71 bits per heavy atom. The van der Waals surface area contributed by atoms with E-state index in [0.29, 0.717) is 17.1 Å². The minimum atomic E-state index is -0.894. The van der Waals surface area contributed by atoms with Gasteiger partial charge < -0.3 is 24.1 Å². The summed E-state index contributed by atoms with van der Waals surface area (Å²) in [6.45, 7) is 0.234. The second-order valence-electron chi connectivity index (χ2n) is 8.76. The second-order valence-corrected chi connectivity index (χ2v) is 8.76. The van der Waals surface area contributed by atoms with Crippen molar-refractivity contribution in [1.82, 2.24) is 10.2 Å². The molecule has 0 spiro atoms. The zero-order chi connectivity index (χ0) is 24.6. The first kappa shape index (κ1) is 24.4. The Morgan fingerprint density at radius 3 is 2.37 bits per heavy atom. The van der Waals surface area contributed by atoms with Gasteiger partial charge >= 0.3 is 0 Å². The highest BCUT2D eigenvalue weighted by molar-refractivity contribution is 5.96. The number of carbonyl (C=O) groups excluding carboxylic acids is 2. The van der Waals surface area contributed by atoms with Gasteiger partial charge in [-0.3, -0.25) is 9.59 Å². The molecule has 1 saturated carbocycles. The van der Waals surface area contributed by atoms with E-state index in [2.05, 4.69) is 5.32 Å². The molecule has 1 aliphatic rings. The van der Waals surface area contributed by atoms with Gasteiger partial charge in [0.05, 0.1) is 20.5 Å². The molecule has 4 rings (SSSR count). The number of nitrogens with zero attached hydrogens (tertiary/aromatic N) is 1. The van der Waals surface area contributed by atoms with Crippen LogP contribution >= 0.6 is 0 Å². The number of methoxy groups -OCH3 is 2. The average molecular weight is 477 g/mol. The summed E-state index contributed by atoms with van der Waals surface area (Å²) in [7, 11) is 3.11. The number of hydrogen-bond acceptors (Lipinski definition) is 5. The molecule has 1 fully saturated rings. The minimum absolute atomic E-state index is 0.0937. The van der Waals surface area contributed by atoms with Crippen LogP contribution in [-0.2, 0) is 11.3 Å². The molecular weight excluding hydrogens is 444 g/mol. The van der Waals surface area contributed by atoms with Crippen LogP contribution in [0.15, 0.2) is 71.3 Å². The van der Waals surface area contributed by atoms with E-state index >= 15 is 0 Å². The quantitative estimate of drug-likeness (QED) is 0.463. The molecule has 35 heavy (non-hydrogen) atoms. The summed E-state index contributed by atoms with van der Waals surface area (Å²) in [5.74, 6) is 0.634. The lowest BCUT2D eigenvalue weighted by molar-refractivity contribution is -0.127. The third kappa shape index (κ3) is 5.85. The van der Waals surface area contributed by atoms with Crippen LogP contribution in [0.1, 0.15) is 59.8 Å². The SMILES string of the molecule is COc1ccc(C(C(=O)NC2CCCCC2)N(Cc2ccccc2)C(=O)c2ccco2)cc1OC. The van der Waals surface area contributed by atoms with Crippen molar-refractivity contribution in [2.75, 3.05) is 14.2 Å². The summed E-state index contributed by atoms with van der Waals surface area (Å²) < 4.78 is 16.3. The van der Waals surface area contributed by atoms with Gasteiger partial charge in [-0.05, 0) is 48.2 Å². The predicted octanol–water partition coefficient (Wildman–Crippen LogP) is 5.13. The van der Waals surface area contributed by atoms with Crippen molar-refractivity contribution in [2.24, 2.45) is 0 Å². The van der Waals surface area contributed by atoms with Crippen LogP contribution in [0.25, 0.3) is 0 Å². The van der Waals surface area contributed by atoms with E-state index in [1.807, 2.05) is 30.3 Å². The molecule has 0 bridgehead atoms. The fourth-order valence-electron chi connectivity index (χ4n) is 4.63. The van der Waals surface area contributed by atoms with Crippen LogP contribution in [0, 0.1) is 0 Å². The third-order valence-electron chi connectivity index (χ3n) is 6.42. The van der Waals surface area contributed by atoms with Crippen molar-refractivity contribution in [3.8, 4) is 11.5 Å².